The second kappa shape index (κ2) is 8.67. The molecule has 9 heteroatoms. The summed E-state index contributed by atoms with van der Waals surface area (Å²) in [6.45, 7) is 0.189. The van der Waals surface area contributed by atoms with E-state index >= 15 is 0 Å². The molecule has 1 heterocycles. The fourth-order valence-electron chi connectivity index (χ4n) is 2.79. The number of amides is 2. The molecule has 0 aliphatic carbocycles. The van der Waals surface area contributed by atoms with Crippen LogP contribution in [-0.4, -0.2) is 28.3 Å². The van der Waals surface area contributed by atoms with E-state index in [2.05, 4.69) is 21.2 Å². The molecule has 0 bridgehead atoms. The van der Waals surface area contributed by atoms with Crippen LogP contribution in [0.2, 0.25) is 0 Å². The predicted octanol–water partition coefficient (Wildman–Crippen LogP) is 2.27. The number of benzene rings is 2. The van der Waals surface area contributed by atoms with Gasteiger partial charge in [0.25, 0.3) is 5.69 Å². The highest BCUT2D eigenvalue weighted by Gasteiger charge is 2.13. The van der Waals surface area contributed by atoms with Crippen LogP contribution in [0.5, 0.6) is 0 Å². The highest BCUT2D eigenvalue weighted by molar-refractivity contribution is 5.89. The highest BCUT2D eigenvalue weighted by Crippen LogP contribution is 2.22. The third-order valence-electron chi connectivity index (χ3n) is 4.14. The fraction of sp³-hybridized carbons (Fsp3) is 0.158. The Hall–Kier alpha value is -3.88. The minimum atomic E-state index is -0.493. The Morgan fingerprint density at radius 3 is 2.54 bits per heavy atom. The van der Waals surface area contributed by atoms with E-state index < -0.39 is 10.8 Å². The van der Waals surface area contributed by atoms with Crippen LogP contribution in [0.15, 0.2) is 54.7 Å². The SMILES string of the molecule is O=C(CCNc1ccccc1[N+](=O)[O-])NNC(=O)Cc1c[nH]c2ccccc12. The molecule has 2 aromatic carbocycles. The van der Waals surface area contributed by atoms with Crippen LogP contribution in [0.3, 0.4) is 0 Å². The smallest absolute Gasteiger partial charge is 0.292 e. The number of fused-ring (bicyclic) bond motifs is 1. The number of carbonyl (C=O) groups is 2. The summed E-state index contributed by atoms with van der Waals surface area (Å²) in [5.41, 5.74) is 6.77. The summed E-state index contributed by atoms with van der Waals surface area (Å²) < 4.78 is 0. The van der Waals surface area contributed by atoms with E-state index in [-0.39, 0.29) is 31.0 Å². The van der Waals surface area contributed by atoms with Crippen LogP contribution in [0, 0.1) is 10.1 Å². The lowest BCUT2D eigenvalue weighted by atomic mass is 10.1. The number of anilines is 1. The van der Waals surface area contributed by atoms with Gasteiger partial charge in [0.05, 0.1) is 11.3 Å². The first kappa shape index (κ1) is 18.9. The molecule has 3 aromatic rings. The van der Waals surface area contributed by atoms with E-state index in [0.29, 0.717) is 5.69 Å². The molecular formula is C19H19N5O4. The summed E-state index contributed by atoms with van der Waals surface area (Å²) in [7, 11) is 0. The van der Waals surface area contributed by atoms with Crippen molar-refractivity contribution in [2.45, 2.75) is 12.8 Å². The first-order valence-electron chi connectivity index (χ1n) is 8.64. The number of nitro benzene ring substituents is 1. The van der Waals surface area contributed by atoms with Crippen molar-refractivity contribution in [3.8, 4) is 0 Å². The molecule has 2 amide bonds. The van der Waals surface area contributed by atoms with Crippen molar-refractivity contribution < 1.29 is 14.5 Å². The first-order valence-corrected chi connectivity index (χ1v) is 8.64. The van der Waals surface area contributed by atoms with E-state index in [4.69, 9.17) is 0 Å². The van der Waals surface area contributed by atoms with Crippen molar-refractivity contribution in [1.29, 1.82) is 0 Å². The van der Waals surface area contributed by atoms with Crippen molar-refractivity contribution >= 4 is 34.1 Å². The Morgan fingerprint density at radius 2 is 1.71 bits per heavy atom. The summed E-state index contributed by atoms with van der Waals surface area (Å²) in [6, 6.07) is 13.8. The van der Waals surface area contributed by atoms with Gasteiger partial charge in [0.2, 0.25) is 11.8 Å². The molecule has 28 heavy (non-hydrogen) atoms. The molecule has 0 saturated heterocycles. The molecule has 0 saturated carbocycles. The second-order valence-corrected chi connectivity index (χ2v) is 6.08. The minimum Gasteiger partial charge on any atom is -0.379 e. The molecule has 0 atom stereocenters. The maximum Gasteiger partial charge on any atom is 0.292 e. The van der Waals surface area contributed by atoms with E-state index in [9.17, 15) is 19.7 Å². The van der Waals surface area contributed by atoms with Gasteiger partial charge in [-0.15, -0.1) is 0 Å². The van der Waals surface area contributed by atoms with Gasteiger partial charge in [0.15, 0.2) is 0 Å². The summed E-state index contributed by atoms with van der Waals surface area (Å²) >= 11 is 0. The van der Waals surface area contributed by atoms with Crippen molar-refractivity contribution in [3.05, 3.63) is 70.4 Å². The monoisotopic (exact) mass is 381 g/mol. The lowest BCUT2D eigenvalue weighted by molar-refractivity contribution is -0.384. The van der Waals surface area contributed by atoms with Gasteiger partial charge in [0, 0.05) is 36.1 Å². The van der Waals surface area contributed by atoms with Gasteiger partial charge < -0.3 is 10.3 Å². The Labute approximate surface area is 160 Å². The number of aromatic nitrogens is 1. The minimum absolute atomic E-state index is 0.0411. The lowest BCUT2D eigenvalue weighted by Gasteiger charge is -2.09. The zero-order chi connectivity index (χ0) is 19.9. The summed E-state index contributed by atoms with van der Waals surface area (Å²) in [6.07, 6.45) is 1.93. The average Bonchev–Trinajstić information content (AvgIpc) is 3.09. The van der Waals surface area contributed by atoms with Gasteiger partial charge in [-0.1, -0.05) is 30.3 Å². The molecular weight excluding hydrogens is 362 g/mol. The topological polar surface area (TPSA) is 129 Å². The number of H-pyrrole nitrogens is 1. The number of nitrogens with one attached hydrogen (secondary N) is 4. The number of hydrogen-bond acceptors (Lipinski definition) is 5. The third kappa shape index (κ3) is 4.64. The number of para-hydroxylation sites is 3. The van der Waals surface area contributed by atoms with E-state index in [1.807, 2.05) is 24.3 Å². The largest absolute Gasteiger partial charge is 0.379 e. The maximum absolute atomic E-state index is 12.0. The number of aromatic amines is 1. The van der Waals surface area contributed by atoms with Gasteiger partial charge in [-0.25, -0.2) is 0 Å². The van der Waals surface area contributed by atoms with Crippen LogP contribution in [-0.2, 0) is 16.0 Å². The van der Waals surface area contributed by atoms with E-state index in [0.717, 1.165) is 16.5 Å². The number of nitro groups is 1. The molecule has 0 aliphatic heterocycles. The molecule has 9 nitrogen and oxygen atoms in total. The van der Waals surface area contributed by atoms with Gasteiger partial charge in [0.1, 0.15) is 5.69 Å². The molecule has 0 aliphatic rings. The first-order chi connectivity index (χ1) is 13.5. The third-order valence-corrected chi connectivity index (χ3v) is 4.14. The Balaban J connectivity index is 1.43. The number of carbonyl (C=O) groups excluding carboxylic acids is 2. The molecule has 0 radical (unpaired) electrons. The zero-order valence-corrected chi connectivity index (χ0v) is 14.9. The Kier molecular flexibility index (Phi) is 5.85. The van der Waals surface area contributed by atoms with Crippen molar-refractivity contribution in [1.82, 2.24) is 15.8 Å². The lowest BCUT2D eigenvalue weighted by Crippen LogP contribution is -2.42. The van der Waals surface area contributed by atoms with Crippen molar-refractivity contribution in [2.75, 3.05) is 11.9 Å². The number of hydrazine groups is 1. The zero-order valence-electron chi connectivity index (χ0n) is 14.9. The summed E-state index contributed by atoms with van der Waals surface area (Å²) in [4.78, 5) is 37.5. The summed E-state index contributed by atoms with van der Waals surface area (Å²) in [5.74, 6) is -0.747. The normalized spacial score (nSPS) is 10.4. The van der Waals surface area contributed by atoms with Crippen LogP contribution < -0.4 is 16.2 Å². The van der Waals surface area contributed by atoms with Crippen molar-refractivity contribution in [3.63, 3.8) is 0 Å². The molecule has 144 valence electrons. The molecule has 0 spiro atoms. The second-order valence-electron chi connectivity index (χ2n) is 6.08. The van der Waals surface area contributed by atoms with Crippen LogP contribution in [0.25, 0.3) is 10.9 Å². The standard InChI is InChI=1S/C19H19N5O4/c25-18(9-10-20-16-7-3-4-8-17(16)24(27)28)22-23-19(26)11-13-12-21-15-6-2-1-5-14(13)15/h1-8,12,20-21H,9-11H2,(H,22,25)(H,23,26). The van der Waals surface area contributed by atoms with Gasteiger partial charge >= 0.3 is 0 Å². The van der Waals surface area contributed by atoms with E-state index in [1.54, 1.807) is 24.4 Å². The average molecular weight is 381 g/mol. The van der Waals surface area contributed by atoms with Crippen LogP contribution in [0.4, 0.5) is 11.4 Å². The fourth-order valence-corrected chi connectivity index (χ4v) is 2.79. The Bertz CT molecular complexity index is 1010. The number of nitrogens with zero attached hydrogens (tertiary/aromatic N) is 1. The number of rotatable bonds is 7. The Morgan fingerprint density at radius 1 is 1.00 bits per heavy atom. The quantitative estimate of drug-likeness (QED) is 0.368. The van der Waals surface area contributed by atoms with Gasteiger partial charge in [-0.3, -0.25) is 30.6 Å². The molecule has 0 fully saturated rings. The molecule has 0 unspecified atom stereocenters. The molecule has 1 aromatic heterocycles. The maximum atomic E-state index is 12.0. The van der Waals surface area contributed by atoms with Crippen LogP contribution >= 0.6 is 0 Å². The summed E-state index contributed by atoms with van der Waals surface area (Å²) in [5, 5.41) is 14.8. The molecule has 4 N–H and O–H groups in total. The van der Waals surface area contributed by atoms with Gasteiger partial charge in [-0.05, 0) is 17.7 Å². The van der Waals surface area contributed by atoms with Gasteiger partial charge in [-0.2, -0.15) is 0 Å². The van der Waals surface area contributed by atoms with Crippen LogP contribution in [0.1, 0.15) is 12.0 Å². The van der Waals surface area contributed by atoms with Crippen molar-refractivity contribution in [2.24, 2.45) is 0 Å². The predicted molar refractivity (Wildman–Crippen MR) is 104 cm³/mol. The highest BCUT2D eigenvalue weighted by atomic mass is 16.6. The van der Waals surface area contributed by atoms with E-state index in [1.165, 1.54) is 6.07 Å². The number of hydrogen-bond donors (Lipinski definition) is 4. The molecule has 3 rings (SSSR count).